The molecule has 0 aromatic heterocycles. The molecule has 1 fully saturated rings. The molecule has 0 aliphatic heterocycles. The van der Waals surface area contributed by atoms with E-state index in [1.54, 1.807) is 42.5 Å². The number of amides is 2. The Balaban J connectivity index is 1.64. The zero-order valence-electron chi connectivity index (χ0n) is 20.8. The first kappa shape index (κ1) is 28.5. The summed E-state index contributed by atoms with van der Waals surface area (Å²) in [7, 11) is 1.37. The standard InChI is InChI=1S/C27H31Cl2N3O5/c1-3-16-7-11-18(12-8-16)24(32-37-2)26(34)31-22(27(35)36)15-17-9-13-19(14-10-17)30-25(33)23-20(28)5-4-6-21(23)29/h4-6,9-10,13-14,16,18,22H,3,7-8,11-12,15H2,1-2H3,(H,30,33)(H,31,34)(H,35,36)/t16?,18?,22-/m0/s1. The van der Waals surface area contributed by atoms with Crippen LogP contribution in [0.2, 0.25) is 10.0 Å². The second kappa shape index (κ2) is 13.4. The van der Waals surface area contributed by atoms with Gasteiger partial charge >= 0.3 is 5.97 Å². The fourth-order valence-corrected chi connectivity index (χ4v) is 5.11. The molecule has 37 heavy (non-hydrogen) atoms. The van der Waals surface area contributed by atoms with Crippen LogP contribution in [0.25, 0.3) is 0 Å². The minimum atomic E-state index is -1.16. The number of aliphatic carboxylic acids is 1. The van der Waals surface area contributed by atoms with Crippen LogP contribution < -0.4 is 10.6 Å². The monoisotopic (exact) mass is 547 g/mol. The Morgan fingerprint density at radius 1 is 1.05 bits per heavy atom. The van der Waals surface area contributed by atoms with E-state index in [1.165, 1.54) is 7.11 Å². The fraction of sp³-hybridized carbons (Fsp3) is 0.407. The summed E-state index contributed by atoms with van der Waals surface area (Å²) in [5.41, 5.74) is 1.55. The number of oxime groups is 1. The zero-order chi connectivity index (χ0) is 26.9. The molecular formula is C27H31Cl2N3O5. The summed E-state index contributed by atoms with van der Waals surface area (Å²) in [5, 5.41) is 19.5. The maximum absolute atomic E-state index is 13.0. The first-order valence-electron chi connectivity index (χ1n) is 12.2. The lowest BCUT2D eigenvalue weighted by Crippen LogP contribution is -2.47. The second-order valence-corrected chi connectivity index (χ2v) is 9.92. The van der Waals surface area contributed by atoms with E-state index >= 15 is 0 Å². The lowest BCUT2D eigenvalue weighted by Gasteiger charge is -2.28. The minimum Gasteiger partial charge on any atom is -0.480 e. The molecule has 2 aromatic carbocycles. The molecule has 0 spiro atoms. The highest BCUT2D eigenvalue weighted by Crippen LogP contribution is 2.31. The summed E-state index contributed by atoms with van der Waals surface area (Å²) < 4.78 is 0. The van der Waals surface area contributed by atoms with E-state index in [0.717, 1.165) is 32.1 Å². The third kappa shape index (κ3) is 7.69. The molecule has 3 N–H and O–H groups in total. The summed E-state index contributed by atoms with van der Waals surface area (Å²) in [6.45, 7) is 2.16. The van der Waals surface area contributed by atoms with Crippen LogP contribution in [0.1, 0.15) is 54.9 Å². The number of carbonyl (C=O) groups excluding carboxylic acids is 2. The lowest BCUT2D eigenvalue weighted by molar-refractivity contribution is -0.141. The quantitative estimate of drug-likeness (QED) is 0.265. The van der Waals surface area contributed by atoms with Crippen molar-refractivity contribution in [3.05, 3.63) is 63.6 Å². The Labute approximate surface area is 226 Å². The molecule has 1 aliphatic rings. The molecule has 2 amide bonds. The molecule has 0 radical (unpaired) electrons. The maximum atomic E-state index is 13.0. The molecule has 0 bridgehead atoms. The van der Waals surface area contributed by atoms with Crippen molar-refractivity contribution in [1.82, 2.24) is 5.32 Å². The van der Waals surface area contributed by atoms with Crippen molar-refractivity contribution in [2.75, 3.05) is 12.4 Å². The van der Waals surface area contributed by atoms with Gasteiger partial charge in [-0.25, -0.2) is 4.79 Å². The molecule has 10 heteroatoms. The first-order valence-corrected chi connectivity index (χ1v) is 13.0. The van der Waals surface area contributed by atoms with Crippen molar-refractivity contribution in [2.45, 2.75) is 51.5 Å². The van der Waals surface area contributed by atoms with Crippen molar-refractivity contribution in [1.29, 1.82) is 0 Å². The van der Waals surface area contributed by atoms with Gasteiger partial charge in [0.25, 0.3) is 11.8 Å². The second-order valence-electron chi connectivity index (χ2n) is 9.10. The number of carboxylic acids is 1. The number of hydrogen-bond acceptors (Lipinski definition) is 5. The number of hydrogen-bond donors (Lipinski definition) is 3. The molecule has 1 atom stereocenters. The van der Waals surface area contributed by atoms with Crippen LogP contribution in [-0.4, -0.2) is 41.8 Å². The van der Waals surface area contributed by atoms with E-state index < -0.39 is 23.8 Å². The maximum Gasteiger partial charge on any atom is 0.326 e. The fourth-order valence-electron chi connectivity index (χ4n) is 4.54. The highest BCUT2D eigenvalue weighted by atomic mass is 35.5. The van der Waals surface area contributed by atoms with Gasteiger partial charge in [0.1, 0.15) is 18.9 Å². The third-order valence-corrected chi connectivity index (χ3v) is 7.31. The number of carboxylic acid groups (broad SMARTS) is 1. The van der Waals surface area contributed by atoms with Crippen molar-refractivity contribution in [3.8, 4) is 0 Å². The topological polar surface area (TPSA) is 117 Å². The molecule has 0 unspecified atom stereocenters. The van der Waals surface area contributed by atoms with Gasteiger partial charge < -0.3 is 20.6 Å². The van der Waals surface area contributed by atoms with Crippen LogP contribution in [0, 0.1) is 11.8 Å². The smallest absolute Gasteiger partial charge is 0.326 e. The van der Waals surface area contributed by atoms with Gasteiger partial charge in [0.05, 0.1) is 15.6 Å². The Hall–Kier alpha value is -3.10. The predicted molar refractivity (Wildman–Crippen MR) is 144 cm³/mol. The largest absolute Gasteiger partial charge is 0.480 e. The molecule has 1 aliphatic carbocycles. The predicted octanol–water partition coefficient (Wildman–Crippen LogP) is 5.58. The molecule has 3 rings (SSSR count). The Morgan fingerprint density at radius 2 is 1.68 bits per heavy atom. The molecule has 8 nitrogen and oxygen atoms in total. The lowest BCUT2D eigenvalue weighted by atomic mass is 9.78. The van der Waals surface area contributed by atoms with Crippen molar-refractivity contribution < 1.29 is 24.3 Å². The molecule has 0 saturated heterocycles. The van der Waals surface area contributed by atoms with Crippen molar-refractivity contribution >= 4 is 52.4 Å². The van der Waals surface area contributed by atoms with Gasteiger partial charge in [-0.3, -0.25) is 9.59 Å². The van der Waals surface area contributed by atoms with Crippen LogP contribution in [-0.2, 0) is 20.8 Å². The van der Waals surface area contributed by atoms with E-state index in [4.69, 9.17) is 28.0 Å². The molecule has 198 valence electrons. The van der Waals surface area contributed by atoms with Gasteiger partial charge in [-0.2, -0.15) is 0 Å². The highest BCUT2D eigenvalue weighted by Gasteiger charge is 2.31. The van der Waals surface area contributed by atoms with Gasteiger partial charge in [0.2, 0.25) is 0 Å². The van der Waals surface area contributed by atoms with Crippen LogP contribution >= 0.6 is 23.2 Å². The minimum absolute atomic E-state index is 0.0501. The van der Waals surface area contributed by atoms with Gasteiger partial charge in [-0.05, 0) is 61.4 Å². The third-order valence-electron chi connectivity index (χ3n) is 6.68. The van der Waals surface area contributed by atoms with Gasteiger partial charge in [0, 0.05) is 18.0 Å². The Bertz CT molecular complexity index is 1120. The summed E-state index contributed by atoms with van der Waals surface area (Å²) in [4.78, 5) is 42.4. The first-order chi connectivity index (χ1) is 17.7. The molecular weight excluding hydrogens is 517 g/mol. The normalized spacial score (nSPS) is 18.5. The van der Waals surface area contributed by atoms with Gasteiger partial charge in [0.15, 0.2) is 0 Å². The van der Waals surface area contributed by atoms with Gasteiger partial charge in [-0.15, -0.1) is 0 Å². The van der Waals surface area contributed by atoms with E-state index in [0.29, 0.717) is 17.2 Å². The number of rotatable bonds is 10. The number of nitrogens with zero attached hydrogens (tertiary/aromatic N) is 1. The van der Waals surface area contributed by atoms with Crippen molar-refractivity contribution in [2.24, 2.45) is 17.0 Å². The number of nitrogens with one attached hydrogen (secondary N) is 2. The average Bonchev–Trinajstić information content (AvgIpc) is 2.87. The van der Waals surface area contributed by atoms with Crippen LogP contribution in [0.15, 0.2) is 47.6 Å². The number of benzene rings is 2. The summed E-state index contributed by atoms with van der Waals surface area (Å²) in [5.74, 6) is -1.58. The van der Waals surface area contributed by atoms with Gasteiger partial charge in [-0.1, -0.05) is 59.9 Å². The molecule has 0 heterocycles. The summed E-state index contributed by atoms with van der Waals surface area (Å²) in [6.07, 6.45) is 4.80. The van der Waals surface area contributed by atoms with E-state index in [1.807, 2.05) is 0 Å². The van der Waals surface area contributed by atoms with Crippen LogP contribution in [0.4, 0.5) is 5.69 Å². The summed E-state index contributed by atoms with van der Waals surface area (Å²) in [6, 6.07) is 10.3. The Morgan fingerprint density at radius 3 is 2.22 bits per heavy atom. The molecule has 2 aromatic rings. The van der Waals surface area contributed by atoms with E-state index in [-0.39, 0.29) is 33.7 Å². The number of anilines is 1. The van der Waals surface area contributed by atoms with Crippen LogP contribution in [0.5, 0.6) is 0 Å². The van der Waals surface area contributed by atoms with E-state index in [2.05, 4.69) is 22.7 Å². The SMILES string of the molecule is CCC1CCC(C(=NOC)C(=O)N[C@@H](Cc2ccc(NC(=O)c3c(Cl)cccc3Cl)cc2)C(=O)O)CC1. The zero-order valence-corrected chi connectivity index (χ0v) is 22.3. The van der Waals surface area contributed by atoms with Crippen molar-refractivity contribution in [3.63, 3.8) is 0 Å². The average molecular weight is 548 g/mol. The Kier molecular flexibility index (Phi) is 10.3. The number of carbonyl (C=O) groups is 3. The van der Waals surface area contributed by atoms with E-state index in [9.17, 15) is 19.5 Å². The van der Waals surface area contributed by atoms with Crippen LogP contribution in [0.3, 0.4) is 0 Å². The molecule has 1 saturated carbocycles. The summed E-state index contributed by atoms with van der Waals surface area (Å²) >= 11 is 12.2. The number of halogens is 2. The highest BCUT2D eigenvalue weighted by molar-refractivity contribution is 6.40.